The third kappa shape index (κ3) is 4.86. The second kappa shape index (κ2) is 10.4. The van der Waals surface area contributed by atoms with Crippen molar-refractivity contribution in [1.82, 2.24) is 14.8 Å². The Morgan fingerprint density at radius 2 is 1.92 bits per heavy atom. The van der Waals surface area contributed by atoms with Gasteiger partial charge in [0.1, 0.15) is 17.2 Å². The van der Waals surface area contributed by atoms with Crippen LogP contribution in [-0.2, 0) is 6.54 Å². The fourth-order valence-corrected chi connectivity index (χ4v) is 7.02. The molecule has 2 atom stereocenters. The van der Waals surface area contributed by atoms with Crippen molar-refractivity contribution in [2.24, 2.45) is 4.99 Å². The van der Waals surface area contributed by atoms with E-state index in [2.05, 4.69) is 71.0 Å². The van der Waals surface area contributed by atoms with Crippen molar-refractivity contribution in [3.63, 3.8) is 0 Å². The van der Waals surface area contributed by atoms with Crippen molar-refractivity contribution in [3.8, 4) is 0 Å². The van der Waals surface area contributed by atoms with E-state index in [0.717, 1.165) is 44.6 Å². The van der Waals surface area contributed by atoms with E-state index in [-0.39, 0.29) is 17.9 Å². The zero-order chi connectivity index (χ0) is 27.1. The van der Waals surface area contributed by atoms with Gasteiger partial charge in [-0.1, -0.05) is 37.5 Å². The molecule has 1 saturated carbocycles. The highest BCUT2D eigenvalue weighted by atomic mass is 19.1. The number of aromatic nitrogens is 1. The lowest BCUT2D eigenvalue weighted by molar-refractivity contribution is 0.122. The van der Waals surface area contributed by atoms with Gasteiger partial charge in [-0.3, -0.25) is 9.80 Å². The molecule has 1 saturated heterocycles. The van der Waals surface area contributed by atoms with E-state index in [1.165, 1.54) is 47.9 Å². The quantitative estimate of drug-likeness (QED) is 0.385. The van der Waals surface area contributed by atoms with E-state index in [1.54, 1.807) is 11.0 Å². The van der Waals surface area contributed by atoms with Crippen LogP contribution in [0.2, 0.25) is 0 Å². The number of hydrogen-bond donors (Lipinski definition) is 1. The lowest BCUT2D eigenvalue weighted by Crippen LogP contribution is -2.63. The first-order valence-electron chi connectivity index (χ1n) is 14.6. The predicted molar refractivity (Wildman–Crippen MR) is 156 cm³/mol. The molecular weight excluding hydrogens is 489 g/mol. The van der Waals surface area contributed by atoms with Crippen molar-refractivity contribution >= 4 is 28.5 Å². The van der Waals surface area contributed by atoms with Gasteiger partial charge in [-0.15, -0.1) is 0 Å². The highest BCUT2D eigenvalue weighted by molar-refractivity contribution is 6.16. The Kier molecular flexibility index (Phi) is 6.96. The van der Waals surface area contributed by atoms with Crippen LogP contribution < -0.4 is 10.2 Å². The van der Waals surface area contributed by atoms with Crippen LogP contribution in [0.1, 0.15) is 77.3 Å². The number of rotatable bonds is 5. The number of amides is 2. The predicted octanol–water partition coefficient (Wildman–Crippen LogP) is 7.05. The average Bonchev–Trinajstić information content (AvgIpc) is 3.45. The molecule has 2 unspecified atom stereocenters. The summed E-state index contributed by atoms with van der Waals surface area (Å²) in [6.45, 7) is 8.36. The van der Waals surface area contributed by atoms with Crippen molar-refractivity contribution in [2.75, 3.05) is 11.4 Å². The summed E-state index contributed by atoms with van der Waals surface area (Å²) in [6.07, 6.45) is 9.55. The van der Waals surface area contributed by atoms with Gasteiger partial charge in [-0.25, -0.2) is 9.18 Å². The van der Waals surface area contributed by atoms with Gasteiger partial charge in [0.05, 0.1) is 0 Å². The van der Waals surface area contributed by atoms with E-state index >= 15 is 0 Å². The third-order valence-corrected chi connectivity index (χ3v) is 9.08. The molecule has 0 radical (unpaired) electrons. The number of urea groups is 1. The van der Waals surface area contributed by atoms with Crippen LogP contribution in [0.4, 0.5) is 14.9 Å². The summed E-state index contributed by atoms with van der Waals surface area (Å²) in [5.74, 6) is 0.447. The van der Waals surface area contributed by atoms with Gasteiger partial charge in [0.25, 0.3) is 0 Å². The Labute approximate surface area is 230 Å². The largest absolute Gasteiger partial charge is 0.369 e. The normalized spacial score (nSPS) is 24.7. The molecule has 1 aliphatic carbocycles. The van der Waals surface area contributed by atoms with Crippen LogP contribution in [-0.4, -0.2) is 45.5 Å². The fraction of sp³-hybridized carbons (Fsp3) is 0.500. The number of aliphatic imine (C=N–C) groups is 1. The first-order valence-corrected chi connectivity index (χ1v) is 14.6. The molecular formula is C32H40FN5O. The maximum absolute atomic E-state index is 14.3. The van der Waals surface area contributed by atoms with E-state index < -0.39 is 5.54 Å². The Balaban J connectivity index is 1.27. The summed E-state index contributed by atoms with van der Waals surface area (Å²) in [4.78, 5) is 22.3. The third-order valence-electron chi connectivity index (χ3n) is 9.08. The number of nitrogens with one attached hydrogen (secondary N) is 1. The Morgan fingerprint density at radius 3 is 2.67 bits per heavy atom. The SMILES string of the molecule is CC1CC2(CCN1Cc1ccc3ccn(C(C)C)c3c1)C(NC1CCCCC1)=NC(=O)N2c1cccc(F)c1. The summed E-state index contributed by atoms with van der Waals surface area (Å²) in [5, 5.41) is 4.98. The van der Waals surface area contributed by atoms with Crippen LogP contribution in [0.15, 0.2) is 59.7 Å². The van der Waals surface area contributed by atoms with E-state index in [9.17, 15) is 9.18 Å². The molecule has 2 aliphatic heterocycles. The first kappa shape index (κ1) is 26.1. The first-order chi connectivity index (χ1) is 18.8. The number of likely N-dealkylation sites (tertiary alicyclic amines) is 1. The number of amidine groups is 1. The van der Waals surface area contributed by atoms with E-state index in [1.807, 2.05) is 6.07 Å². The minimum absolute atomic E-state index is 0.214. The molecule has 3 aliphatic rings. The number of piperidine rings is 1. The highest BCUT2D eigenvalue weighted by Gasteiger charge is 2.53. The standard InChI is InChI=1S/C32H40FN5O/c1-22(2)37-16-14-25-13-12-24(18-29(25)37)21-36-17-15-32(20-23(36)3)30(34-27-9-5-4-6-10-27)35-31(39)38(32)28-11-7-8-26(33)19-28/h7-8,11-14,16,18-19,22-23,27H,4-6,9-10,15,17,20-21H2,1-3H3,(H,34,35,39). The van der Waals surface area contributed by atoms with Gasteiger partial charge in [0.15, 0.2) is 0 Å². The molecule has 2 fully saturated rings. The molecule has 2 amide bonds. The average molecular weight is 530 g/mol. The number of benzene rings is 2. The summed E-state index contributed by atoms with van der Waals surface area (Å²) in [7, 11) is 0. The van der Waals surface area contributed by atoms with Crippen molar-refractivity contribution in [1.29, 1.82) is 0 Å². The molecule has 206 valence electrons. The molecule has 3 heterocycles. The number of hydrogen-bond acceptors (Lipinski definition) is 3. The number of halogens is 1. The van der Waals surface area contributed by atoms with Crippen molar-refractivity contribution < 1.29 is 9.18 Å². The summed E-state index contributed by atoms with van der Waals surface area (Å²) in [6, 6.07) is 16.0. The monoisotopic (exact) mass is 529 g/mol. The number of fused-ring (bicyclic) bond motifs is 1. The van der Waals surface area contributed by atoms with Crippen LogP contribution in [0.25, 0.3) is 10.9 Å². The lowest BCUT2D eigenvalue weighted by Gasteiger charge is -2.48. The number of nitrogens with zero attached hydrogens (tertiary/aromatic N) is 4. The van der Waals surface area contributed by atoms with Gasteiger partial charge in [-0.05, 0) is 87.7 Å². The summed E-state index contributed by atoms with van der Waals surface area (Å²) < 4.78 is 16.6. The van der Waals surface area contributed by atoms with E-state index in [0.29, 0.717) is 17.8 Å². The summed E-state index contributed by atoms with van der Waals surface area (Å²) in [5.41, 5.74) is 2.57. The minimum atomic E-state index is -0.589. The smallest absolute Gasteiger partial charge is 0.350 e. The zero-order valence-corrected chi connectivity index (χ0v) is 23.4. The molecule has 0 bridgehead atoms. The van der Waals surface area contributed by atoms with Crippen LogP contribution in [0, 0.1) is 5.82 Å². The minimum Gasteiger partial charge on any atom is -0.369 e. The fourth-order valence-electron chi connectivity index (χ4n) is 7.02. The molecule has 1 spiro atoms. The van der Waals surface area contributed by atoms with Gasteiger partial charge >= 0.3 is 6.03 Å². The Bertz CT molecular complexity index is 1390. The lowest BCUT2D eigenvalue weighted by atomic mass is 9.80. The van der Waals surface area contributed by atoms with Crippen molar-refractivity contribution in [2.45, 2.75) is 95.9 Å². The van der Waals surface area contributed by atoms with Gasteiger partial charge in [0.2, 0.25) is 0 Å². The Morgan fingerprint density at radius 1 is 1.10 bits per heavy atom. The number of carbonyl (C=O) groups excluding carboxylic acids is 1. The topological polar surface area (TPSA) is 52.9 Å². The van der Waals surface area contributed by atoms with Gasteiger partial charge < -0.3 is 9.88 Å². The molecule has 3 aromatic rings. The highest BCUT2D eigenvalue weighted by Crippen LogP contribution is 2.41. The molecule has 2 aromatic carbocycles. The summed E-state index contributed by atoms with van der Waals surface area (Å²) >= 11 is 0. The van der Waals surface area contributed by atoms with Crippen LogP contribution in [0.5, 0.6) is 0 Å². The second-order valence-corrected chi connectivity index (χ2v) is 12.1. The molecule has 7 heteroatoms. The Hall–Kier alpha value is -3.19. The van der Waals surface area contributed by atoms with Crippen LogP contribution in [0.3, 0.4) is 0 Å². The maximum atomic E-state index is 14.3. The van der Waals surface area contributed by atoms with Gasteiger partial charge in [0, 0.05) is 48.6 Å². The number of anilines is 1. The molecule has 6 rings (SSSR count). The number of carbonyl (C=O) groups is 1. The zero-order valence-electron chi connectivity index (χ0n) is 23.4. The molecule has 6 nitrogen and oxygen atoms in total. The molecule has 1 N–H and O–H groups in total. The van der Waals surface area contributed by atoms with Crippen LogP contribution >= 0.6 is 0 Å². The molecule has 1 aromatic heterocycles. The van der Waals surface area contributed by atoms with Crippen molar-refractivity contribution in [3.05, 3.63) is 66.1 Å². The van der Waals surface area contributed by atoms with E-state index in [4.69, 9.17) is 0 Å². The second-order valence-electron chi connectivity index (χ2n) is 12.1. The maximum Gasteiger partial charge on any atom is 0.350 e. The van der Waals surface area contributed by atoms with Gasteiger partial charge in [-0.2, -0.15) is 4.99 Å². The molecule has 39 heavy (non-hydrogen) atoms.